The van der Waals surface area contributed by atoms with Crippen LogP contribution in [0.4, 0.5) is 21.9 Å². The van der Waals surface area contributed by atoms with Crippen LogP contribution in [0.2, 0.25) is 0 Å². The zero-order chi connectivity index (χ0) is 18.3. The molecule has 0 spiro atoms. The van der Waals surface area contributed by atoms with Crippen molar-refractivity contribution in [3.8, 4) is 5.75 Å². The number of nitrogens with one attached hydrogen (secondary N) is 2. The van der Waals surface area contributed by atoms with Gasteiger partial charge in [0.1, 0.15) is 18.0 Å². The van der Waals surface area contributed by atoms with Crippen LogP contribution in [0.5, 0.6) is 5.75 Å². The van der Waals surface area contributed by atoms with Gasteiger partial charge in [-0.15, -0.1) is 0 Å². The number of carbonyl (C=O) groups is 1. The van der Waals surface area contributed by atoms with Gasteiger partial charge in [-0.2, -0.15) is 0 Å². The molecule has 0 aliphatic heterocycles. The van der Waals surface area contributed by atoms with Crippen LogP contribution >= 0.6 is 0 Å². The Morgan fingerprint density at radius 2 is 1.80 bits per heavy atom. The number of nitrogens with two attached hydrogens (primary N) is 1. The summed E-state index contributed by atoms with van der Waals surface area (Å²) in [7, 11) is 0. The molecule has 0 saturated carbocycles. The van der Waals surface area contributed by atoms with E-state index in [4.69, 9.17) is 15.2 Å². The summed E-state index contributed by atoms with van der Waals surface area (Å²) >= 11 is 0. The summed E-state index contributed by atoms with van der Waals surface area (Å²) in [6.07, 6.45) is -0.477. The van der Waals surface area contributed by atoms with Gasteiger partial charge in [-0.3, -0.25) is 5.32 Å². The first-order chi connectivity index (χ1) is 11.8. The number of nitrogen functional groups attached to an aromatic ring is 1. The Balaban J connectivity index is 1.80. The van der Waals surface area contributed by atoms with Crippen molar-refractivity contribution < 1.29 is 14.3 Å². The SMILES string of the molecule is CC(C)(C)OC(=O)Nc1cccc(NCCOc2cccc(N)c2)c1. The molecule has 0 unspecified atom stereocenters. The molecule has 0 radical (unpaired) electrons. The highest BCUT2D eigenvalue weighted by Crippen LogP contribution is 2.17. The molecule has 0 saturated heterocycles. The molecule has 6 nitrogen and oxygen atoms in total. The molecule has 1 amide bonds. The molecule has 25 heavy (non-hydrogen) atoms. The predicted octanol–water partition coefficient (Wildman–Crippen LogP) is 4.11. The minimum atomic E-state index is -0.530. The van der Waals surface area contributed by atoms with E-state index >= 15 is 0 Å². The van der Waals surface area contributed by atoms with Crippen molar-refractivity contribution in [3.05, 3.63) is 48.5 Å². The highest BCUT2D eigenvalue weighted by atomic mass is 16.6. The second-order valence-electron chi connectivity index (χ2n) is 6.56. The lowest BCUT2D eigenvalue weighted by Crippen LogP contribution is -2.27. The zero-order valence-corrected chi connectivity index (χ0v) is 14.8. The molecule has 0 heterocycles. The van der Waals surface area contributed by atoms with Gasteiger partial charge in [0.2, 0.25) is 0 Å². The Hall–Kier alpha value is -2.89. The fraction of sp³-hybridized carbons (Fsp3) is 0.316. The van der Waals surface area contributed by atoms with Gasteiger partial charge in [0.05, 0.1) is 0 Å². The smallest absolute Gasteiger partial charge is 0.412 e. The minimum absolute atomic E-state index is 0.477. The zero-order valence-electron chi connectivity index (χ0n) is 14.8. The molecule has 2 rings (SSSR count). The van der Waals surface area contributed by atoms with Crippen LogP contribution in [0.3, 0.4) is 0 Å². The Morgan fingerprint density at radius 1 is 1.08 bits per heavy atom. The van der Waals surface area contributed by atoms with Crippen LogP contribution in [0, 0.1) is 0 Å². The van der Waals surface area contributed by atoms with E-state index in [1.165, 1.54) is 0 Å². The average molecular weight is 343 g/mol. The van der Waals surface area contributed by atoms with E-state index in [0.717, 1.165) is 11.4 Å². The van der Waals surface area contributed by atoms with Gasteiger partial charge in [-0.25, -0.2) is 4.79 Å². The third-order valence-corrected chi connectivity index (χ3v) is 3.07. The quantitative estimate of drug-likeness (QED) is 0.543. The average Bonchev–Trinajstić information content (AvgIpc) is 2.50. The second-order valence-corrected chi connectivity index (χ2v) is 6.56. The molecule has 0 aliphatic rings. The van der Waals surface area contributed by atoms with Gasteiger partial charge in [0, 0.05) is 29.7 Å². The summed E-state index contributed by atoms with van der Waals surface area (Å²) in [5.41, 5.74) is 7.39. The fourth-order valence-corrected chi connectivity index (χ4v) is 2.10. The first kappa shape index (κ1) is 18.4. The topological polar surface area (TPSA) is 85.6 Å². The van der Waals surface area contributed by atoms with E-state index in [0.29, 0.717) is 24.5 Å². The maximum atomic E-state index is 11.8. The molecule has 0 fully saturated rings. The maximum absolute atomic E-state index is 11.8. The van der Waals surface area contributed by atoms with E-state index in [1.807, 2.05) is 57.2 Å². The van der Waals surface area contributed by atoms with Gasteiger partial charge in [-0.05, 0) is 51.1 Å². The van der Waals surface area contributed by atoms with Gasteiger partial charge in [-0.1, -0.05) is 12.1 Å². The van der Waals surface area contributed by atoms with Crippen molar-refractivity contribution in [3.63, 3.8) is 0 Å². The molecular weight excluding hydrogens is 318 g/mol. The van der Waals surface area contributed by atoms with Crippen molar-refractivity contribution in [1.29, 1.82) is 0 Å². The number of anilines is 3. The van der Waals surface area contributed by atoms with Crippen LogP contribution < -0.4 is 21.1 Å². The van der Waals surface area contributed by atoms with Crippen LogP contribution in [0.25, 0.3) is 0 Å². The van der Waals surface area contributed by atoms with Crippen LogP contribution in [0.1, 0.15) is 20.8 Å². The summed E-state index contributed by atoms with van der Waals surface area (Å²) in [6, 6.07) is 14.7. The molecule has 0 aliphatic carbocycles. The summed E-state index contributed by atoms with van der Waals surface area (Å²) < 4.78 is 10.9. The van der Waals surface area contributed by atoms with Crippen molar-refractivity contribution in [2.45, 2.75) is 26.4 Å². The van der Waals surface area contributed by atoms with Crippen molar-refractivity contribution in [2.75, 3.05) is 29.5 Å². The molecule has 2 aromatic carbocycles. The van der Waals surface area contributed by atoms with E-state index in [1.54, 1.807) is 12.1 Å². The van der Waals surface area contributed by atoms with Crippen molar-refractivity contribution in [1.82, 2.24) is 0 Å². The molecule has 2 aromatic rings. The lowest BCUT2D eigenvalue weighted by atomic mass is 10.2. The monoisotopic (exact) mass is 343 g/mol. The van der Waals surface area contributed by atoms with E-state index in [2.05, 4.69) is 10.6 Å². The minimum Gasteiger partial charge on any atom is -0.492 e. The van der Waals surface area contributed by atoms with E-state index in [-0.39, 0.29) is 0 Å². The van der Waals surface area contributed by atoms with Crippen molar-refractivity contribution >= 4 is 23.2 Å². The first-order valence-electron chi connectivity index (χ1n) is 8.14. The first-order valence-corrected chi connectivity index (χ1v) is 8.14. The highest BCUT2D eigenvalue weighted by Gasteiger charge is 2.16. The molecule has 0 atom stereocenters. The molecule has 6 heteroatoms. The highest BCUT2D eigenvalue weighted by molar-refractivity contribution is 5.85. The van der Waals surface area contributed by atoms with Crippen LogP contribution in [-0.4, -0.2) is 24.8 Å². The number of rotatable bonds is 6. The molecule has 0 aromatic heterocycles. The number of amides is 1. The Morgan fingerprint density at radius 3 is 2.52 bits per heavy atom. The Bertz CT molecular complexity index is 711. The Labute approximate surface area is 148 Å². The standard InChI is InChI=1S/C19H25N3O3/c1-19(2,3)25-18(23)22-16-8-5-7-15(13-16)21-10-11-24-17-9-4-6-14(20)12-17/h4-9,12-13,21H,10-11,20H2,1-3H3,(H,22,23). The number of carbonyl (C=O) groups excluding carboxylic acids is 1. The molecular formula is C19H25N3O3. The van der Waals surface area contributed by atoms with Gasteiger partial charge in [0.15, 0.2) is 0 Å². The van der Waals surface area contributed by atoms with Gasteiger partial charge < -0.3 is 20.5 Å². The normalized spacial score (nSPS) is 10.8. The van der Waals surface area contributed by atoms with E-state index in [9.17, 15) is 4.79 Å². The van der Waals surface area contributed by atoms with Crippen molar-refractivity contribution in [2.24, 2.45) is 0 Å². The maximum Gasteiger partial charge on any atom is 0.412 e. The predicted molar refractivity (Wildman–Crippen MR) is 101 cm³/mol. The molecule has 4 N–H and O–H groups in total. The number of ether oxygens (including phenoxy) is 2. The third kappa shape index (κ3) is 7.03. The fourth-order valence-electron chi connectivity index (χ4n) is 2.10. The molecule has 134 valence electrons. The molecule has 0 bridgehead atoms. The number of hydrogen-bond acceptors (Lipinski definition) is 5. The Kier molecular flexibility index (Phi) is 6.11. The summed E-state index contributed by atoms with van der Waals surface area (Å²) in [4.78, 5) is 11.8. The van der Waals surface area contributed by atoms with Gasteiger partial charge >= 0.3 is 6.09 Å². The number of hydrogen-bond donors (Lipinski definition) is 3. The lowest BCUT2D eigenvalue weighted by Gasteiger charge is -2.19. The summed E-state index contributed by atoms with van der Waals surface area (Å²) in [6.45, 7) is 6.58. The van der Waals surface area contributed by atoms with Crippen LogP contribution in [-0.2, 0) is 4.74 Å². The largest absolute Gasteiger partial charge is 0.492 e. The lowest BCUT2D eigenvalue weighted by molar-refractivity contribution is 0.0636. The third-order valence-electron chi connectivity index (χ3n) is 3.07. The van der Waals surface area contributed by atoms with Crippen LogP contribution in [0.15, 0.2) is 48.5 Å². The summed E-state index contributed by atoms with van der Waals surface area (Å²) in [5, 5.41) is 5.96. The summed E-state index contributed by atoms with van der Waals surface area (Å²) in [5.74, 6) is 0.738. The van der Waals surface area contributed by atoms with Gasteiger partial charge in [0.25, 0.3) is 0 Å². The second kappa shape index (κ2) is 8.28. The number of benzene rings is 2. The van der Waals surface area contributed by atoms with E-state index < -0.39 is 11.7 Å².